The van der Waals surface area contributed by atoms with Gasteiger partial charge in [0.15, 0.2) is 0 Å². The number of hydrogen-bond donors (Lipinski definition) is 3. The van der Waals surface area contributed by atoms with Crippen LogP contribution in [0.5, 0.6) is 0 Å². The predicted molar refractivity (Wildman–Crippen MR) is 57.5 cm³/mol. The van der Waals surface area contributed by atoms with Gasteiger partial charge < -0.3 is 14.9 Å². The zero-order valence-electron chi connectivity index (χ0n) is 9.24. The first-order valence-electron chi connectivity index (χ1n) is 5.30. The van der Waals surface area contributed by atoms with E-state index in [9.17, 15) is 14.7 Å². The second-order valence-corrected chi connectivity index (χ2v) is 4.11. The van der Waals surface area contributed by atoms with Crippen LogP contribution < -0.4 is 11.2 Å². The quantitative estimate of drug-likeness (QED) is 0.580. The monoisotopic (exact) mass is 242 g/mol. The van der Waals surface area contributed by atoms with E-state index >= 15 is 0 Å². The van der Waals surface area contributed by atoms with E-state index in [0.29, 0.717) is 0 Å². The van der Waals surface area contributed by atoms with Crippen molar-refractivity contribution < 1.29 is 14.9 Å². The highest BCUT2D eigenvalue weighted by atomic mass is 16.5. The Labute approximate surface area is 96.3 Å². The standard InChI is InChI=1S/C10H14N2O5/c1-5-8(15)6(4-13)17-9(5)12-3-2-7(14)11-10(12)16/h2-3,5-6,8-9,13,15H,4H2,1H3,(H,11,14,16)/t5?,6-,8?,9-/m0/s1. The van der Waals surface area contributed by atoms with Crippen LogP contribution in [0.1, 0.15) is 13.2 Å². The van der Waals surface area contributed by atoms with Crippen LogP contribution in [0.15, 0.2) is 21.9 Å². The molecule has 2 unspecified atom stereocenters. The van der Waals surface area contributed by atoms with Crippen LogP contribution in [0.2, 0.25) is 0 Å². The largest absolute Gasteiger partial charge is 0.394 e. The Morgan fingerprint density at radius 2 is 2.24 bits per heavy atom. The van der Waals surface area contributed by atoms with Crippen molar-refractivity contribution in [3.05, 3.63) is 33.1 Å². The lowest BCUT2D eigenvalue weighted by Gasteiger charge is -2.17. The second-order valence-electron chi connectivity index (χ2n) is 4.11. The second kappa shape index (κ2) is 4.44. The summed E-state index contributed by atoms with van der Waals surface area (Å²) in [6.45, 7) is 1.39. The van der Waals surface area contributed by atoms with Gasteiger partial charge in [-0.25, -0.2) is 4.79 Å². The number of aliphatic hydroxyl groups excluding tert-OH is 2. The first-order valence-corrected chi connectivity index (χ1v) is 5.30. The van der Waals surface area contributed by atoms with E-state index in [2.05, 4.69) is 4.98 Å². The third-order valence-corrected chi connectivity index (χ3v) is 2.99. The van der Waals surface area contributed by atoms with Crippen molar-refractivity contribution >= 4 is 0 Å². The van der Waals surface area contributed by atoms with E-state index in [1.165, 1.54) is 16.8 Å². The Morgan fingerprint density at radius 1 is 1.53 bits per heavy atom. The topological polar surface area (TPSA) is 105 Å². The third-order valence-electron chi connectivity index (χ3n) is 2.99. The molecule has 1 saturated heterocycles. The van der Waals surface area contributed by atoms with E-state index in [0.717, 1.165) is 0 Å². The molecule has 1 aliphatic rings. The number of aliphatic hydroxyl groups is 2. The van der Waals surface area contributed by atoms with E-state index in [1.54, 1.807) is 6.92 Å². The zero-order chi connectivity index (χ0) is 12.6. The molecule has 1 aromatic rings. The van der Waals surface area contributed by atoms with Crippen molar-refractivity contribution in [3.8, 4) is 0 Å². The van der Waals surface area contributed by atoms with Gasteiger partial charge >= 0.3 is 5.69 Å². The predicted octanol–water partition coefficient (Wildman–Crippen LogP) is -1.58. The normalized spacial score (nSPS) is 32.9. The van der Waals surface area contributed by atoms with Crippen LogP contribution in [0, 0.1) is 5.92 Å². The van der Waals surface area contributed by atoms with Gasteiger partial charge in [-0.3, -0.25) is 14.3 Å². The highest BCUT2D eigenvalue weighted by Gasteiger charge is 2.41. The van der Waals surface area contributed by atoms with Crippen LogP contribution in [-0.4, -0.2) is 38.6 Å². The number of aromatic amines is 1. The van der Waals surface area contributed by atoms with Crippen LogP contribution in [0.3, 0.4) is 0 Å². The highest BCUT2D eigenvalue weighted by molar-refractivity contribution is 4.91. The molecule has 7 nitrogen and oxygen atoms in total. The number of nitrogens with zero attached hydrogens (tertiary/aromatic N) is 1. The van der Waals surface area contributed by atoms with Crippen molar-refractivity contribution in [2.24, 2.45) is 5.92 Å². The fourth-order valence-electron chi connectivity index (χ4n) is 1.99. The smallest absolute Gasteiger partial charge is 0.330 e. The van der Waals surface area contributed by atoms with Crippen LogP contribution in [0.25, 0.3) is 0 Å². The van der Waals surface area contributed by atoms with Crippen molar-refractivity contribution in [2.75, 3.05) is 6.61 Å². The van der Waals surface area contributed by atoms with E-state index in [1.807, 2.05) is 0 Å². The van der Waals surface area contributed by atoms with E-state index < -0.39 is 29.7 Å². The Morgan fingerprint density at radius 3 is 2.76 bits per heavy atom. The Kier molecular flexibility index (Phi) is 3.14. The highest BCUT2D eigenvalue weighted by Crippen LogP contribution is 2.32. The van der Waals surface area contributed by atoms with Crippen molar-refractivity contribution in [1.29, 1.82) is 0 Å². The summed E-state index contributed by atoms with van der Waals surface area (Å²) < 4.78 is 6.58. The van der Waals surface area contributed by atoms with E-state index in [-0.39, 0.29) is 12.5 Å². The minimum atomic E-state index is -0.844. The summed E-state index contributed by atoms with van der Waals surface area (Å²) in [5.41, 5.74) is -1.09. The van der Waals surface area contributed by atoms with E-state index in [4.69, 9.17) is 9.84 Å². The maximum Gasteiger partial charge on any atom is 0.330 e. The molecule has 0 spiro atoms. The SMILES string of the molecule is CC1C(O)[C@H](CO)O[C@@H]1n1ccc(=O)[nH]c1=O. The lowest BCUT2D eigenvalue weighted by atomic mass is 10.0. The Balaban J connectivity index is 2.35. The summed E-state index contributed by atoms with van der Waals surface area (Å²) >= 11 is 0. The molecule has 0 aliphatic carbocycles. The molecule has 1 aromatic heterocycles. The van der Waals surface area contributed by atoms with Gasteiger partial charge in [-0.05, 0) is 0 Å². The summed E-state index contributed by atoms with van der Waals surface area (Å²) in [4.78, 5) is 24.6. The summed E-state index contributed by atoms with van der Waals surface area (Å²) in [5, 5.41) is 18.8. The average Bonchev–Trinajstić information content (AvgIpc) is 2.57. The number of hydrogen-bond acceptors (Lipinski definition) is 5. The minimum Gasteiger partial charge on any atom is -0.394 e. The van der Waals surface area contributed by atoms with Gasteiger partial charge in [0.1, 0.15) is 12.3 Å². The van der Waals surface area contributed by atoms with Crippen molar-refractivity contribution in [3.63, 3.8) is 0 Å². The molecule has 0 saturated carbocycles. The lowest BCUT2D eigenvalue weighted by Crippen LogP contribution is -2.33. The van der Waals surface area contributed by atoms with Crippen molar-refractivity contribution in [2.45, 2.75) is 25.4 Å². The van der Waals surface area contributed by atoms with Gasteiger partial charge in [-0.2, -0.15) is 0 Å². The first kappa shape index (κ1) is 12.0. The molecule has 0 bridgehead atoms. The zero-order valence-corrected chi connectivity index (χ0v) is 9.24. The summed E-state index contributed by atoms with van der Waals surface area (Å²) in [6, 6.07) is 1.20. The molecule has 0 radical (unpaired) electrons. The minimum absolute atomic E-state index is 0.319. The molecule has 2 rings (SSSR count). The molecule has 0 amide bonds. The van der Waals surface area contributed by atoms with Gasteiger partial charge in [-0.1, -0.05) is 6.92 Å². The fraction of sp³-hybridized carbons (Fsp3) is 0.600. The van der Waals surface area contributed by atoms with Crippen LogP contribution in [0.4, 0.5) is 0 Å². The van der Waals surface area contributed by atoms with Crippen LogP contribution >= 0.6 is 0 Å². The summed E-state index contributed by atoms with van der Waals surface area (Å²) in [5.74, 6) is -0.351. The molecular weight excluding hydrogens is 228 g/mol. The maximum atomic E-state index is 11.6. The van der Waals surface area contributed by atoms with Gasteiger partial charge in [-0.15, -0.1) is 0 Å². The Bertz CT molecular complexity index is 508. The summed E-state index contributed by atoms with van der Waals surface area (Å²) in [7, 11) is 0. The lowest BCUT2D eigenvalue weighted by molar-refractivity contribution is -0.0477. The van der Waals surface area contributed by atoms with Crippen LogP contribution in [-0.2, 0) is 4.74 Å². The summed E-state index contributed by atoms with van der Waals surface area (Å²) in [6.07, 6.45) is -0.932. The molecule has 1 aliphatic heterocycles. The number of nitrogens with one attached hydrogen (secondary N) is 1. The molecule has 17 heavy (non-hydrogen) atoms. The van der Waals surface area contributed by atoms with Gasteiger partial charge in [0.05, 0.1) is 12.7 Å². The maximum absolute atomic E-state index is 11.6. The molecule has 7 heteroatoms. The molecular formula is C10H14N2O5. The molecule has 2 heterocycles. The van der Waals surface area contributed by atoms with Gasteiger partial charge in [0, 0.05) is 18.2 Å². The average molecular weight is 242 g/mol. The number of ether oxygens (including phenoxy) is 1. The number of aromatic nitrogens is 2. The van der Waals surface area contributed by atoms with Gasteiger partial charge in [0.2, 0.25) is 0 Å². The third kappa shape index (κ3) is 2.04. The molecule has 94 valence electrons. The number of rotatable bonds is 2. The Hall–Kier alpha value is -1.44. The molecule has 1 fully saturated rings. The number of H-pyrrole nitrogens is 1. The first-order chi connectivity index (χ1) is 8.04. The van der Waals surface area contributed by atoms with Gasteiger partial charge in [0.25, 0.3) is 5.56 Å². The fourth-order valence-corrected chi connectivity index (χ4v) is 1.99. The molecule has 0 aromatic carbocycles. The molecule has 4 atom stereocenters. The van der Waals surface area contributed by atoms with Crippen molar-refractivity contribution in [1.82, 2.24) is 9.55 Å². The molecule has 3 N–H and O–H groups in total.